The van der Waals surface area contributed by atoms with E-state index in [4.69, 9.17) is 9.15 Å². The van der Waals surface area contributed by atoms with Gasteiger partial charge in [0.1, 0.15) is 16.2 Å². The van der Waals surface area contributed by atoms with E-state index in [0.717, 1.165) is 48.3 Å². The molecule has 0 spiro atoms. The van der Waals surface area contributed by atoms with Gasteiger partial charge in [-0.15, -0.1) is 12.4 Å². The first-order chi connectivity index (χ1) is 14.0. The number of halogens is 1. The van der Waals surface area contributed by atoms with E-state index in [-0.39, 0.29) is 17.3 Å². The third-order valence-electron chi connectivity index (χ3n) is 5.09. The van der Waals surface area contributed by atoms with E-state index in [1.54, 1.807) is 24.5 Å². The van der Waals surface area contributed by atoms with Crippen LogP contribution in [0.5, 0.6) is 5.75 Å². The number of benzene rings is 2. The molecular formula is C21H26ClN3O4S. The van der Waals surface area contributed by atoms with Crippen molar-refractivity contribution in [2.75, 3.05) is 38.0 Å². The summed E-state index contributed by atoms with van der Waals surface area (Å²) in [5.41, 5.74) is 3.10. The van der Waals surface area contributed by atoms with Gasteiger partial charge in [0.15, 0.2) is 0 Å². The third-order valence-corrected chi connectivity index (χ3v) is 6.49. The van der Waals surface area contributed by atoms with Crippen molar-refractivity contribution in [2.45, 2.75) is 18.4 Å². The number of sulfonamides is 1. The van der Waals surface area contributed by atoms with Crippen molar-refractivity contribution in [3.63, 3.8) is 0 Å². The van der Waals surface area contributed by atoms with Crippen LogP contribution in [0, 0.1) is 6.92 Å². The molecule has 0 bridgehead atoms. The van der Waals surface area contributed by atoms with Gasteiger partial charge in [0.05, 0.1) is 19.1 Å². The maximum atomic E-state index is 13.1. The molecular weight excluding hydrogens is 426 g/mol. The lowest BCUT2D eigenvalue weighted by molar-refractivity contribution is 0.233. The number of methoxy groups -OCH3 is 1. The summed E-state index contributed by atoms with van der Waals surface area (Å²) in [6, 6.07) is 10.6. The van der Waals surface area contributed by atoms with E-state index in [0.29, 0.717) is 18.0 Å². The number of nitrogens with one attached hydrogen (secondary N) is 2. The van der Waals surface area contributed by atoms with Crippen LogP contribution in [0.2, 0.25) is 0 Å². The molecule has 1 aromatic heterocycles. The molecule has 1 aliphatic rings. The van der Waals surface area contributed by atoms with E-state index in [2.05, 4.69) is 14.9 Å². The number of furan rings is 1. The zero-order valence-electron chi connectivity index (χ0n) is 17.0. The number of anilines is 1. The fourth-order valence-corrected chi connectivity index (χ4v) is 4.94. The van der Waals surface area contributed by atoms with Crippen LogP contribution in [0.3, 0.4) is 0 Å². The molecule has 162 valence electrons. The second kappa shape index (κ2) is 9.26. The van der Waals surface area contributed by atoms with E-state index in [1.165, 1.54) is 7.11 Å². The highest BCUT2D eigenvalue weighted by molar-refractivity contribution is 7.92. The van der Waals surface area contributed by atoms with Crippen LogP contribution < -0.4 is 14.8 Å². The smallest absolute Gasteiger partial charge is 0.265 e. The Labute approximate surface area is 182 Å². The Balaban J connectivity index is 0.00000256. The number of ether oxygens (including phenoxy) is 1. The molecule has 2 N–H and O–H groups in total. The van der Waals surface area contributed by atoms with Gasteiger partial charge < -0.3 is 14.5 Å². The maximum Gasteiger partial charge on any atom is 0.265 e. The molecule has 4 rings (SSSR count). The summed E-state index contributed by atoms with van der Waals surface area (Å²) in [5.74, 6) is 0.313. The fourth-order valence-electron chi connectivity index (χ4n) is 3.65. The quantitative estimate of drug-likeness (QED) is 0.597. The molecule has 7 nitrogen and oxygen atoms in total. The number of aryl methyl sites for hydroxylation is 1. The monoisotopic (exact) mass is 451 g/mol. The summed E-state index contributed by atoms with van der Waals surface area (Å²) in [6.45, 7) is 6.33. The molecule has 1 saturated heterocycles. The van der Waals surface area contributed by atoms with Crippen molar-refractivity contribution < 1.29 is 17.6 Å². The van der Waals surface area contributed by atoms with Crippen molar-refractivity contribution in [3.8, 4) is 5.75 Å². The first kappa shape index (κ1) is 22.4. The molecule has 0 radical (unpaired) electrons. The van der Waals surface area contributed by atoms with E-state index in [1.807, 2.05) is 25.1 Å². The lowest BCUT2D eigenvalue weighted by Crippen LogP contribution is -2.42. The summed E-state index contributed by atoms with van der Waals surface area (Å²) in [6.07, 6.45) is 1.63. The van der Waals surface area contributed by atoms with Gasteiger partial charge in [0.25, 0.3) is 10.0 Å². The van der Waals surface area contributed by atoms with Crippen molar-refractivity contribution in [1.82, 2.24) is 10.2 Å². The Morgan fingerprint density at radius 3 is 2.67 bits per heavy atom. The Bertz CT molecular complexity index is 1120. The zero-order chi connectivity index (χ0) is 20.4. The Morgan fingerprint density at radius 2 is 1.93 bits per heavy atom. The Morgan fingerprint density at radius 1 is 1.17 bits per heavy atom. The van der Waals surface area contributed by atoms with Crippen molar-refractivity contribution in [1.29, 1.82) is 0 Å². The molecule has 1 fully saturated rings. The minimum absolute atomic E-state index is 0. The van der Waals surface area contributed by atoms with Gasteiger partial charge in [0.2, 0.25) is 0 Å². The highest BCUT2D eigenvalue weighted by atomic mass is 35.5. The highest BCUT2D eigenvalue weighted by Crippen LogP contribution is 2.30. The normalized spacial score (nSPS) is 15.0. The maximum absolute atomic E-state index is 13.1. The van der Waals surface area contributed by atoms with Gasteiger partial charge in [-0.3, -0.25) is 9.62 Å². The minimum Gasteiger partial charge on any atom is -0.495 e. The summed E-state index contributed by atoms with van der Waals surface area (Å²) in [4.78, 5) is 2.45. The molecule has 30 heavy (non-hydrogen) atoms. The predicted octanol–water partition coefficient (Wildman–Crippen LogP) is 3.38. The third kappa shape index (κ3) is 4.73. The molecule has 0 amide bonds. The first-order valence-corrected chi connectivity index (χ1v) is 11.1. The Kier molecular flexibility index (Phi) is 6.92. The van der Waals surface area contributed by atoms with Crippen molar-refractivity contribution >= 4 is 39.1 Å². The number of rotatable bonds is 6. The average molecular weight is 452 g/mol. The number of hydrogen-bond acceptors (Lipinski definition) is 6. The molecule has 0 atom stereocenters. The van der Waals surface area contributed by atoms with Crippen LogP contribution in [0.1, 0.15) is 11.1 Å². The summed E-state index contributed by atoms with van der Waals surface area (Å²) in [7, 11) is -2.34. The molecule has 3 aromatic rings. The predicted molar refractivity (Wildman–Crippen MR) is 120 cm³/mol. The SMILES string of the molecule is COc1ccc(C)cc1S(=O)(=O)Nc1cc(CN2CCNCC2)c2occc2c1.Cl. The van der Waals surface area contributed by atoms with Crippen LogP contribution >= 0.6 is 12.4 Å². The zero-order valence-corrected chi connectivity index (χ0v) is 18.6. The average Bonchev–Trinajstić information content (AvgIpc) is 3.17. The molecule has 2 aromatic carbocycles. The lowest BCUT2D eigenvalue weighted by Gasteiger charge is -2.27. The van der Waals surface area contributed by atoms with Gasteiger partial charge in [-0.2, -0.15) is 0 Å². The molecule has 0 saturated carbocycles. The van der Waals surface area contributed by atoms with Gasteiger partial charge in [-0.1, -0.05) is 6.07 Å². The molecule has 9 heteroatoms. The van der Waals surface area contributed by atoms with Crippen LogP contribution in [0.4, 0.5) is 5.69 Å². The largest absolute Gasteiger partial charge is 0.495 e. The standard InChI is InChI=1S/C21H25N3O4S.ClH/c1-15-3-4-19(27-2)20(11-15)29(25,26)23-18-12-16-5-10-28-21(16)17(13-18)14-24-8-6-22-7-9-24;/h3-5,10-13,22-23H,6-9,14H2,1-2H3;1H. The Hall–Kier alpha value is -2.26. The first-order valence-electron chi connectivity index (χ1n) is 9.57. The van der Waals surface area contributed by atoms with Crippen molar-refractivity contribution in [2.24, 2.45) is 0 Å². The van der Waals surface area contributed by atoms with Gasteiger partial charge in [0, 0.05) is 43.7 Å². The highest BCUT2D eigenvalue weighted by Gasteiger charge is 2.21. The topological polar surface area (TPSA) is 83.8 Å². The number of piperazine rings is 1. The van der Waals surface area contributed by atoms with Crippen LogP contribution in [-0.4, -0.2) is 46.6 Å². The van der Waals surface area contributed by atoms with Crippen LogP contribution in [-0.2, 0) is 16.6 Å². The van der Waals surface area contributed by atoms with Crippen molar-refractivity contribution in [3.05, 3.63) is 53.8 Å². The number of nitrogens with zero attached hydrogens (tertiary/aromatic N) is 1. The molecule has 0 unspecified atom stereocenters. The second-order valence-corrected chi connectivity index (χ2v) is 8.91. The molecule has 0 aliphatic carbocycles. The molecule has 1 aliphatic heterocycles. The summed E-state index contributed by atoms with van der Waals surface area (Å²) >= 11 is 0. The van der Waals surface area contributed by atoms with E-state index < -0.39 is 10.0 Å². The van der Waals surface area contributed by atoms with Gasteiger partial charge in [-0.05, 0) is 42.8 Å². The van der Waals surface area contributed by atoms with E-state index in [9.17, 15) is 8.42 Å². The van der Waals surface area contributed by atoms with E-state index >= 15 is 0 Å². The van der Waals surface area contributed by atoms with Gasteiger partial charge >= 0.3 is 0 Å². The van der Waals surface area contributed by atoms with Crippen LogP contribution in [0.15, 0.2) is 52.0 Å². The molecule has 2 heterocycles. The summed E-state index contributed by atoms with van der Waals surface area (Å²) < 4.78 is 39.8. The summed E-state index contributed by atoms with van der Waals surface area (Å²) in [5, 5.41) is 4.21. The second-order valence-electron chi connectivity index (χ2n) is 7.26. The number of hydrogen-bond donors (Lipinski definition) is 2. The fraction of sp³-hybridized carbons (Fsp3) is 0.333. The van der Waals surface area contributed by atoms with Gasteiger partial charge in [-0.25, -0.2) is 8.42 Å². The lowest BCUT2D eigenvalue weighted by atomic mass is 10.1. The minimum atomic E-state index is -3.81. The number of fused-ring (bicyclic) bond motifs is 1. The van der Waals surface area contributed by atoms with Crippen LogP contribution in [0.25, 0.3) is 11.0 Å².